The maximum atomic E-state index is 5.55. The second-order valence-corrected chi connectivity index (χ2v) is 6.03. The number of ether oxygens (including phenoxy) is 1. The van der Waals surface area contributed by atoms with Crippen LogP contribution >= 0.6 is 0 Å². The Labute approximate surface area is 151 Å². The summed E-state index contributed by atoms with van der Waals surface area (Å²) in [6.07, 6.45) is 0. The van der Waals surface area contributed by atoms with Crippen LogP contribution in [0, 0.1) is 0 Å². The van der Waals surface area contributed by atoms with Crippen LogP contribution < -0.4 is 0 Å². The van der Waals surface area contributed by atoms with E-state index < -0.39 is 0 Å². The lowest BCUT2D eigenvalue weighted by molar-refractivity contribution is 0.0793. The van der Waals surface area contributed by atoms with Gasteiger partial charge in [0.15, 0.2) is 0 Å². The maximum Gasteiger partial charge on any atom is 0.113 e. The van der Waals surface area contributed by atoms with Crippen LogP contribution in [0.2, 0.25) is 0 Å². The zero-order chi connectivity index (χ0) is 17.8. The largest absolute Gasteiger partial charge is 0.380 e. The molecule has 8 nitrogen and oxygen atoms in total. The number of benzene rings is 2. The summed E-state index contributed by atoms with van der Waals surface area (Å²) in [5.41, 5.74) is 3.81. The van der Waals surface area contributed by atoms with Gasteiger partial charge in [0.05, 0.1) is 31.0 Å². The van der Waals surface area contributed by atoms with Gasteiger partial charge in [-0.3, -0.25) is 4.90 Å². The highest BCUT2D eigenvalue weighted by Gasteiger charge is 2.13. The maximum absolute atomic E-state index is 5.55. The average Bonchev–Trinajstić information content (AvgIpc) is 3.27. The third-order valence-electron chi connectivity index (χ3n) is 4.26. The van der Waals surface area contributed by atoms with E-state index in [4.69, 9.17) is 4.74 Å². The lowest BCUT2D eigenvalue weighted by atomic mass is 10.3. The van der Waals surface area contributed by atoms with Crippen molar-refractivity contribution in [1.29, 1.82) is 0 Å². The van der Waals surface area contributed by atoms with Gasteiger partial charge in [-0.15, -0.1) is 10.2 Å². The molecule has 26 heavy (non-hydrogen) atoms. The number of nitrogens with zero attached hydrogens (tertiary/aromatic N) is 7. The van der Waals surface area contributed by atoms with E-state index in [1.165, 1.54) is 0 Å². The Hall–Kier alpha value is -2.84. The molecule has 134 valence electrons. The molecule has 2 aromatic heterocycles. The number of hydrogen-bond acceptors (Lipinski definition) is 6. The van der Waals surface area contributed by atoms with Crippen molar-refractivity contribution in [3.05, 3.63) is 48.5 Å². The number of aromatic nitrogens is 6. The van der Waals surface area contributed by atoms with E-state index in [0.717, 1.165) is 28.6 Å². The van der Waals surface area contributed by atoms with Gasteiger partial charge < -0.3 is 4.74 Å². The van der Waals surface area contributed by atoms with E-state index >= 15 is 0 Å². The number of fused-ring (bicyclic) bond motifs is 2. The Balaban J connectivity index is 1.57. The first-order valence-electron chi connectivity index (χ1n) is 8.71. The summed E-state index contributed by atoms with van der Waals surface area (Å²) < 4.78 is 9.35. The summed E-state index contributed by atoms with van der Waals surface area (Å²) in [7, 11) is 0. The Morgan fingerprint density at radius 2 is 1.38 bits per heavy atom. The van der Waals surface area contributed by atoms with Gasteiger partial charge in [0.25, 0.3) is 0 Å². The first-order chi connectivity index (χ1) is 12.8. The molecule has 0 saturated heterocycles. The summed E-state index contributed by atoms with van der Waals surface area (Å²) in [6, 6.07) is 15.9. The molecule has 0 fully saturated rings. The van der Waals surface area contributed by atoms with Crippen LogP contribution in [0.4, 0.5) is 0 Å². The molecule has 0 atom stereocenters. The van der Waals surface area contributed by atoms with Crippen molar-refractivity contribution in [2.75, 3.05) is 19.8 Å². The van der Waals surface area contributed by atoms with Gasteiger partial charge in [-0.05, 0) is 31.2 Å². The molecule has 0 bridgehead atoms. The fourth-order valence-electron chi connectivity index (χ4n) is 2.95. The molecule has 0 spiro atoms. The molecule has 8 heteroatoms. The number of rotatable bonds is 8. The molecular formula is C18H21N7O. The minimum absolute atomic E-state index is 0.599. The molecule has 0 amide bonds. The van der Waals surface area contributed by atoms with Crippen molar-refractivity contribution >= 4 is 22.1 Å². The summed E-state index contributed by atoms with van der Waals surface area (Å²) in [6.45, 7) is 5.31. The second kappa shape index (κ2) is 7.59. The molecule has 4 aromatic rings. The molecule has 4 rings (SSSR count). The van der Waals surface area contributed by atoms with Crippen molar-refractivity contribution in [2.45, 2.75) is 20.3 Å². The molecule has 0 radical (unpaired) electrons. The normalized spacial score (nSPS) is 11.8. The minimum Gasteiger partial charge on any atom is -0.380 e. The first kappa shape index (κ1) is 16.6. The van der Waals surface area contributed by atoms with Crippen molar-refractivity contribution < 1.29 is 4.74 Å². The van der Waals surface area contributed by atoms with Crippen LogP contribution in [0.3, 0.4) is 0 Å². The van der Waals surface area contributed by atoms with E-state index in [2.05, 4.69) is 25.5 Å². The highest BCUT2D eigenvalue weighted by molar-refractivity contribution is 5.74. The topological polar surface area (TPSA) is 73.9 Å². The number of hydrogen-bond donors (Lipinski definition) is 0. The molecule has 2 heterocycles. The van der Waals surface area contributed by atoms with E-state index in [-0.39, 0.29) is 0 Å². The quantitative estimate of drug-likeness (QED) is 0.453. The molecule has 0 aliphatic carbocycles. The van der Waals surface area contributed by atoms with Gasteiger partial charge in [0.2, 0.25) is 0 Å². The average molecular weight is 351 g/mol. The van der Waals surface area contributed by atoms with Gasteiger partial charge in [-0.1, -0.05) is 34.7 Å². The van der Waals surface area contributed by atoms with Gasteiger partial charge >= 0.3 is 0 Å². The zero-order valence-corrected chi connectivity index (χ0v) is 14.7. The van der Waals surface area contributed by atoms with E-state index in [9.17, 15) is 0 Å². The second-order valence-electron chi connectivity index (χ2n) is 6.03. The summed E-state index contributed by atoms with van der Waals surface area (Å²) in [4.78, 5) is 2.22. The standard InChI is InChI=1S/C18H21N7O/c1-2-26-12-11-23(13-24-17-9-5-3-7-15(17)19-21-24)14-25-18-10-6-4-8-16(18)20-22-25/h3-10H,2,11-14H2,1H3. The summed E-state index contributed by atoms with van der Waals surface area (Å²) in [5, 5.41) is 17.1. The lowest BCUT2D eigenvalue weighted by Crippen LogP contribution is -2.33. The van der Waals surface area contributed by atoms with Crippen LogP contribution in [-0.2, 0) is 18.1 Å². The molecule has 0 saturated carbocycles. The van der Waals surface area contributed by atoms with Crippen LogP contribution in [-0.4, -0.2) is 54.6 Å². The predicted molar refractivity (Wildman–Crippen MR) is 98.3 cm³/mol. The van der Waals surface area contributed by atoms with E-state index in [0.29, 0.717) is 26.6 Å². The van der Waals surface area contributed by atoms with Crippen LogP contribution in [0.15, 0.2) is 48.5 Å². The lowest BCUT2D eigenvalue weighted by Gasteiger charge is -2.22. The fourth-order valence-corrected chi connectivity index (χ4v) is 2.95. The van der Waals surface area contributed by atoms with Crippen LogP contribution in [0.25, 0.3) is 22.1 Å². The smallest absolute Gasteiger partial charge is 0.113 e. The third kappa shape index (κ3) is 3.42. The van der Waals surface area contributed by atoms with Crippen molar-refractivity contribution in [2.24, 2.45) is 0 Å². The van der Waals surface area contributed by atoms with Gasteiger partial charge in [0.1, 0.15) is 11.0 Å². The van der Waals surface area contributed by atoms with Gasteiger partial charge in [-0.2, -0.15) is 0 Å². The van der Waals surface area contributed by atoms with Gasteiger partial charge in [0, 0.05) is 13.2 Å². The summed E-state index contributed by atoms with van der Waals surface area (Å²) in [5.74, 6) is 0. The van der Waals surface area contributed by atoms with Crippen LogP contribution in [0.5, 0.6) is 0 Å². The first-order valence-corrected chi connectivity index (χ1v) is 8.71. The Bertz CT molecular complexity index is 917. The Morgan fingerprint density at radius 1 is 0.846 bits per heavy atom. The zero-order valence-electron chi connectivity index (χ0n) is 14.7. The van der Waals surface area contributed by atoms with Crippen molar-refractivity contribution in [1.82, 2.24) is 34.9 Å². The fraction of sp³-hybridized carbons (Fsp3) is 0.333. The Morgan fingerprint density at radius 3 is 1.92 bits per heavy atom. The highest BCUT2D eigenvalue weighted by Crippen LogP contribution is 2.13. The SMILES string of the molecule is CCOCCN(Cn1nnc2ccccc21)Cn1nnc2ccccc21. The molecule has 0 aliphatic heterocycles. The highest BCUT2D eigenvalue weighted by atomic mass is 16.5. The Kier molecular flexibility index (Phi) is 4.85. The van der Waals surface area contributed by atoms with E-state index in [1.807, 2.05) is 64.8 Å². The minimum atomic E-state index is 0.599. The number of para-hydroxylation sites is 2. The molecule has 2 aromatic carbocycles. The van der Waals surface area contributed by atoms with Gasteiger partial charge in [-0.25, -0.2) is 9.36 Å². The molecule has 0 unspecified atom stereocenters. The van der Waals surface area contributed by atoms with Crippen molar-refractivity contribution in [3.63, 3.8) is 0 Å². The van der Waals surface area contributed by atoms with Crippen molar-refractivity contribution in [3.8, 4) is 0 Å². The third-order valence-corrected chi connectivity index (χ3v) is 4.26. The predicted octanol–water partition coefficient (Wildman–Crippen LogP) is 2.13. The monoisotopic (exact) mass is 351 g/mol. The van der Waals surface area contributed by atoms with Crippen LogP contribution in [0.1, 0.15) is 6.92 Å². The molecular weight excluding hydrogens is 330 g/mol. The molecule has 0 aliphatic rings. The van der Waals surface area contributed by atoms with E-state index in [1.54, 1.807) is 0 Å². The molecule has 0 N–H and O–H groups in total. The summed E-state index contributed by atoms with van der Waals surface area (Å²) >= 11 is 0.